The van der Waals surface area contributed by atoms with E-state index in [1.165, 1.54) is 0 Å². The smallest absolute Gasteiger partial charge is 0.161 e. The SMILES string of the molecule is C#CCC(C)NCCOc1ccccc1OCC. The summed E-state index contributed by atoms with van der Waals surface area (Å²) in [6, 6.07) is 8.01. The van der Waals surface area contributed by atoms with E-state index in [9.17, 15) is 0 Å². The second-order valence-electron chi connectivity index (χ2n) is 3.99. The maximum atomic E-state index is 5.68. The number of hydrogen-bond acceptors (Lipinski definition) is 3. The molecule has 0 radical (unpaired) electrons. The fourth-order valence-electron chi connectivity index (χ4n) is 1.56. The molecule has 3 heteroatoms. The van der Waals surface area contributed by atoms with Gasteiger partial charge in [-0.2, -0.15) is 0 Å². The van der Waals surface area contributed by atoms with Crippen LogP contribution in [0, 0.1) is 12.3 Å². The molecule has 0 aromatic heterocycles. The van der Waals surface area contributed by atoms with Crippen molar-refractivity contribution in [2.45, 2.75) is 26.3 Å². The Kier molecular flexibility index (Phi) is 6.75. The zero-order valence-electron chi connectivity index (χ0n) is 11.1. The fourth-order valence-corrected chi connectivity index (χ4v) is 1.56. The van der Waals surface area contributed by atoms with Crippen LogP contribution < -0.4 is 14.8 Å². The van der Waals surface area contributed by atoms with Gasteiger partial charge >= 0.3 is 0 Å². The average Bonchev–Trinajstić information content (AvgIpc) is 2.37. The lowest BCUT2D eigenvalue weighted by atomic mass is 10.2. The molecule has 1 atom stereocenters. The van der Waals surface area contributed by atoms with Gasteiger partial charge in [0, 0.05) is 19.0 Å². The highest BCUT2D eigenvalue weighted by Crippen LogP contribution is 2.25. The summed E-state index contributed by atoms with van der Waals surface area (Å²) in [4.78, 5) is 0. The molecule has 0 amide bonds. The highest BCUT2D eigenvalue weighted by atomic mass is 16.5. The van der Waals surface area contributed by atoms with Crippen molar-refractivity contribution in [1.29, 1.82) is 0 Å². The topological polar surface area (TPSA) is 30.5 Å². The molecule has 18 heavy (non-hydrogen) atoms. The van der Waals surface area contributed by atoms with Crippen LogP contribution in [0.15, 0.2) is 24.3 Å². The Labute approximate surface area is 109 Å². The largest absolute Gasteiger partial charge is 0.490 e. The normalized spacial score (nSPS) is 11.6. The summed E-state index contributed by atoms with van der Waals surface area (Å²) in [6.45, 7) is 6.02. The minimum atomic E-state index is 0.320. The molecule has 0 saturated carbocycles. The minimum Gasteiger partial charge on any atom is -0.490 e. The summed E-state index contributed by atoms with van der Waals surface area (Å²) in [5, 5.41) is 3.30. The van der Waals surface area contributed by atoms with Gasteiger partial charge in [0.1, 0.15) is 6.61 Å². The summed E-state index contributed by atoms with van der Waals surface area (Å²) in [5.74, 6) is 4.20. The van der Waals surface area contributed by atoms with Crippen LogP contribution >= 0.6 is 0 Å². The van der Waals surface area contributed by atoms with Crippen molar-refractivity contribution in [2.75, 3.05) is 19.8 Å². The first kappa shape index (κ1) is 14.4. The molecule has 0 aliphatic rings. The summed E-state index contributed by atoms with van der Waals surface area (Å²) in [5.41, 5.74) is 0. The molecule has 0 heterocycles. The van der Waals surface area contributed by atoms with Crippen LogP contribution in [0.2, 0.25) is 0 Å². The Hall–Kier alpha value is -1.66. The van der Waals surface area contributed by atoms with Crippen molar-refractivity contribution in [3.8, 4) is 23.8 Å². The van der Waals surface area contributed by atoms with Crippen LogP contribution in [-0.2, 0) is 0 Å². The van der Waals surface area contributed by atoms with Crippen LogP contribution in [0.25, 0.3) is 0 Å². The lowest BCUT2D eigenvalue weighted by Crippen LogP contribution is -2.29. The van der Waals surface area contributed by atoms with E-state index < -0.39 is 0 Å². The van der Waals surface area contributed by atoms with Gasteiger partial charge in [-0.1, -0.05) is 12.1 Å². The second kappa shape index (κ2) is 8.43. The lowest BCUT2D eigenvalue weighted by molar-refractivity contribution is 0.273. The van der Waals surface area contributed by atoms with Gasteiger partial charge in [0.05, 0.1) is 6.61 Å². The van der Waals surface area contributed by atoms with Crippen molar-refractivity contribution in [1.82, 2.24) is 5.32 Å². The van der Waals surface area contributed by atoms with Gasteiger partial charge in [0.15, 0.2) is 11.5 Å². The second-order valence-corrected chi connectivity index (χ2v) is 3.99. The van der Waals surface area contributed by atoms with Gasteiger partial charge < -0.3 is 14.8 Å². The van der Waals surface area contributed by atoms with Crippen molar-refractivity contribution >= 4 is 0 Å². The molecule has 1 rings (SSSR count). The molecule has 0 aliphatic heterocycles. The molecule has 0 saturated heterocycles. The minimum absolute atomic E-state index is 0.320. The van der Waals surface area contributed by atoms with Crippen molar-refractivity contribution < 1.29 is 9.47 Å². The number of nitrogens with one attached hydrogen (secondary N) is 1. The lowest BCUT2D eigenvalue weighted by Gasteiger charge is -2.13. The molecule has 0 bridgehead atoms. The molecule has 3 nitrogen and oxygen atoms in total. The molecular weight excluding hydrogens is 226 g/mol. The van der Waals surface area contributed by atoms with E-state index in [0.29, 0.717) is 19.3 Å². The summed E-state index contributed by atoms with van der Waals surface area (Å²) < 4.78 is 11.2. The maximum absolute atomic E-state index is 5.68. The van der Waals surface area contributed by atoms with Gasteiger partial charge in [-0.3, -0.25) is 0 Å². The first-order valence-electron chi connectivity index (χ1n) is 6.29. The number of para-hydroxylation sites is 2. The van der Waals surface area contributed by atoms with Crippen LogP contribution in [0.4, 0.5) is 0 Å². The van der Waals surface area contributed by atoms with Gasteiger partial charge in [-0.05, 0) is 26.0 Å². The predicted octanol–water partition coefficient (Wildman–Crippen LogP) is 2.47. The maximum Gasteiger partial charge on any atom is 0.161 e. The van der Waals surface area contributed by atoms with Crippen LogP contribution in [0.5, 0.6) is 11.5 Å². The van der Waals surface area contributed by atoms with Crippen LogP contribution in [-0.4, -0.2) is 25.8 Å². The molecule has 1 unspecified atom stereocenters. The summed E-state index contributed by atoms with van der Waals surface area (Å²) in [7, 11) is 0. The van der Waals surface area contributed by atoms with E-state index in [1.54, 1.807) is 0 Å². The molecule has 1 N–H and O–H groups in total. The van der Waals surface area contributed by atoms with Crippen LogP contribution in [0.3, 0.4) is 0 Å². The molecule has 0 fully saturated rings. The highest BCUT2D eigenvalue weighted by molar-refractivity contribution is 5.39. The monoisotopic (exact) mass is 247 g/mol. The predicted molar refractivity (Wildman–Crippen MR) is 74.0 cm³/mol. The third-order valence-corrected chi connectivity index (χ3v) is 2.43. The van der Waals surface area contributed by atoms with Gasteiger partial charge in [-0.15, -0.1) is 12.3 Å². The van der Waals surface area contributed by atoms with E-state index in [4.69, 9.17) is 15.9 Å². The molecule has 1 aromatic rings. The van der Waals surface area contributed by atoms with Gasteiger partial charge in [0.2, 0.25) is 0 Å². The van der Waals surface area contributed by atoms with E-state index in [-0.39, 0.29) is 0 Å². The Morgan fingerprint density at radius 2 is 1.94 bits per heavy atom. The Morgan fingerprint density at radius 3 is 2.56 bits per heavy atom. The zero-order chi connectivity index (χ0) is 13.2. The Balaban J connectivity index is 2.33. The first-order valence-corrected chi connectivity index (χ1v) is 6.29. The number of hydrogen-bond donors (Lipinski definition) is 1. The number of ether oxygens (including phenoxy) is 2. The van der Waals surface area contributed by atoms with Crippen molar-refractivity contribution in [3.05, 3.63) is 24.3 Å². The number of rotatable bonds is 8. The summed E-state index contributed by atoms with van der Waals surface area (Å²) >= 11 is 0. The molecular formula is C15H21NO2. The van der Waals surface area contributed by atoms with E-state index in [1.807, 2.05) is 31.2 Å². The van der Waals surface area contributed by atoms with E-state index in [0.717, 1.165) is 24.5 Å². The Morgan fingerprint density at radius 1 is 1.28 bits per heavy atom. The van der Waals surface area contributed by atoms with Crippen molar-refractivity contribution in [3.63, 3.8) is 0 Å². The van der Waals surface area contributed by atoms with E-state index >= 15 is 0 Å². The Bertz CT molecular complexity index is 384. The molecule has 0 spiro atoms. The molecule has 1 aromatic carbocycles. The fraction of sp³-hybridized carbons (Fsp3) is 0.467. The van der Waals surface area contributed by atoms with E-state index in [2.05, 4.69) is 18.2 Å². The zero-order valence-corrected chi connectivity index (χ0v) is 11.1. The summed E-state index contributed by atoms with van der Waals surface area (Å²) in [6.07, 6.45) is 5.97. The third kappa shape index (κ3) is 5.11. The highest BCUT2D eigenvalue weighted by Gasteiger charge is 2.03. The average molecular weight is 247 g/mol. The first-order chi connectivity index (χ1) is 8.77. The quantitative estimate of drug-likeness (QED) is 0.565. The number of terminal acetylenes is 1. The number of benzene rings is 1. The van der Waals surface area contributed by atoms with Crippen molar-refractivity contribution in [2.24, 2.45) is 0 Å². The standard InChI is InChI=1S/C15H21NO2/c1-4-8-13(3)16-11-12-18-15-10-7-6-9-14(15)17-5-2/h1,6-7,9-10,13,16H,5,8,11-12H2,2-3H3. The van der Waals surface area contributed by atoms with Gasteiger partial charge in [-0.25, -0.2) is 0 Å². The third-order valence-electron chi connectivity index (χ3n) is 2.43. The molecule has 0 aliphatic carbocycles. The van der Waals surface area contributed by atoms with Gasteiger partial charge in [0.25, 0.3) is 0 Å². The van der Waals surface area contributed by atoms with Crippen LogP contribution in [0.1, 0.15) is 20.3 Å². The molecule has 98 valence electrons.